The maximum atomic E-state index is 11.3. The first-order valence-corrected chi connectivity index (χ1v) is 2.64. The SMILES string of the molecule is C/C=C/COC(=O)CF. The molecule has 0 heterocycles. The number of rotatable bonds is 3. The molecule has 0 atom stereocenters. The van der Waals surface area contributed by atoms with Crippen LogP contribution in [0.5, 0.6) is 0 Å². The molecule has 9 heavy (non-hydrogen) atoms. The summed E-state index contributed by atoms with van der Waals surface area (Å²) in [6.07, 6.45) is 3.36. The molecule has 0 aromatic carbocycles. The van der Waals surface area contributed by atoms with E-state index in [-0.39, 0.29) is 6.61 Å². The van der Waals surface area contributed by atoms with Gasteiger partial charge in [0.1, 0.15) is 6.61 Å². The number of carbonyl (C=O) groups excluding carboxylic acids is 1. The van der Waals surface area contributed by atoms with Crippen molar-refractivity contribution in [3.05, 3.63) is 12.2 Å². The number of esters is 1. The second-order valence-electron chi connectivity index (χ2n) is 1.39. The van der Waals surface area contributed by atoms with Crippen LogP contribution in [0.3, 0.4) is 0 Å². The van der Waals surface area contributed by atoms with Crippen molar-refractivity contribution in [2.24, 2.45) is 0 Å². The predicted molar refractivity (Wildman–Crippen MR) is 31.7 cm³/mol. The van der Waals surface area contributed by atoms with E-state index in [4.69, 9.17) is 0 Å². The summed E-state index contributed by atoms with van der Waals surface area (Å²) < 4.78 is 15.6. The van der Waals surface area contributed by atoms with E-state index in [9.17, 15) is 9.18 Å². The fraction of sp³-hybridized carbons (Fsp3) is 0.500. The first-order valence-electron chi connectivity index (χ1n) is 2.64. The van der Waals surface area contributed by atoms with Crippen LogP contribution in [0.4, 0.5) is 4.39 Å². The van der Waals surface area contributed by atoms with Crippen molar-refractivity contribution in [2.75, 3.05) is 13.3 Å². The van der Waals surface area contributed by atoms with Crippen LogP contribution in [0.25, 0.3) is 0 Å². The summed E-state index contributed by atoms with van der Waals surface area (Å²) in [4.78, 5) is 10.1. The van der Waals surface area contributed by atoms with Crippen molar-refractivity contribution in [3.63, 3.8) is 0 Å². The van der Waals surface area contributed by atoms with Crippen LogP contribution in [0, 0.1) is 0 Å². The molecule has 0 radical (unpaired) electrons. The molecule has 0 saturated carbocycles. The van der Waals surface area contributed by atoms with Gasteiger partial charge in [-0.25, -0.2) is 9.18 Å². The van der Waals surface area contributed by atoms with E-state index in [2.05, 4.69) is 4.74 Å². The molecule has 2 nitrogen and oxygen atoms in total. The average molecular weight is 132 g/mol. The van der Waals surface area contributed by atoms with Gasteiger partial charge in [-0.3, -0.25) is 0 Å². The van der Waals surface area contributed by atoms with Gasteiger partial charge in [0.15, 0.2) is 6.67 Å². The Kier molecular flexibility index (Phi) is 4.78. The molecule has 0 aliphatic carbocycles. The molecule has 0 bridgehead atoms. The number of carbonyl (C=O) groups is 1. The largest absolute Gasteiger partial charge is 0.460 e. The van der Waals surface area contributed by atoms with Gasteiger partial charge >= 0.3 is 5.97 Å². The Morgan fingerprint density at radius 2 is 2.44 bits per heavy atom. The van der Waals surface area contributed by atoms with Gasteiger partial charge in [-0.2, -0.15) is 0 Å². The molecule has 0 rings (SSSR count). The number of ether oxygens (including phenoxy) is 1. The molecule has 0 unspecified atom stereocenters. The summed E-state index contributed by atoms with van der Waals surface area (Å²) in [5.74, 6) is -0.812. The topological polar surface area (TPSA) is 26.3 Å². The van der Waals surface area contributed by atoms with Crippen LogP contribution >= 0.6 is 0 Å². The van der Waals surface area contributed by atoms with Crippen LogP contribution in [-0.2, 0) is 9.53 Å². The molecular weight excluding hydrogens is 123 g/mol. The van der Waals surface area contributed by atoms with E-state index >= 15 is 0 Å². The van der Waals surface area contributed by atoms with Crippen molar-refractivity contribution < 1.29 is 13.9 Å². The molecule has 52 valence electrons. The summed E-state index contributed by atoms with van der Waals surface area (Å²) in [6, 6.07) is 0. The summed E-state index contributed by atoms with van der Waals surface area (Å²) in [5.41, 5.74) is 0. The Labute approximate surface area is 53.3 Å². The molecule has 0 aliphatic rings. The van der Waals surface area contributed by atoms with Gasteiger partial charge in [-0.1, -0.05) is 12.2 Å². The molecule has 0 aliphatic heterocycles. The van der Waals surface area contributed by atoms with Crippen molar-refractivity contribution in [1.82, 2.24) is 0 Å². The molecule has 0 aromatic heterocycles. The fourth-order valence-electron chi connectivity index (χ4n) is 0.276. The van der Waals surface area contributed by atoms with Crippen molar-refractivity contribution in [2.45, 2.75) is 6.92 Å². The van der Waals surface area contributed by atoms with E-state index in [1.54, 1.807) is 19.1 Å². The number of hydrogen-bond acceptors (Lipinski definition) is 2. The molecular formula is C6H9FO2. The van der Waals surface area contributed by atoms with Crippen LogP contribution in [0.15, 0.2) is 12.2 Å². The molecule has 0 amide bonds. The summed E-state index contributed by atoms with van der Waals surface area (Å²) in [7, 11) is 0. The monoisotopic (exact) mass is 132 g/mol. The Hall–Kier alpha value is -0.860. The third kappa shape index (κ3) is 5.00. The lowest BCUT2D eigenvalue weighted by molar-refractivity contribution is -0.143. The molecule has 0 saturated heterocycles. The smallest absolute Gasteiger partial charge is 0.337 e. The predicted octanol–water partition coefficient (Wildman–Crippen LogP) is 1.08. The molecule has 0 fully saturated rings. The summed E-state index contributed by atoms with van der Waals surface area (Å²) in [5, 5.41) is 0. The number of allylic oxidation sites excluding steroid dienone is 1. The van der Waals surface area contributed by atoms with E-state index < -0.39 is 12.6 Å². The van der Waals surface area contributed by atoms with Crippen molar-refractivity contribution in [1.29, 1.82) is 0 Å². The van der Waals surface area contributed by atoms with Crippen LogP contribution < -0.4 is 0 Å². The second-order valence-corrected chi connectivity index (χ2v) is 1.39. The zero-order valence-electron chi connectivity index (χ0n) is 5.26. The van der Waals surface area contributed by atoms with Crippen LogP contribution in [0.2, 0.25) is 0 Å². The van der Waals surface area contributed by atoms with E-state index in [1.807, 2.05) is 0 Å². The van der Waals surface area contributed by atoms with E-state index in [0.29, 0.717) is 0 Å². The third-order valence-corrected chi connectivity index (χ3v) is 0.685. The minimum atomic E-state index is -1.04. The third-order valence-electron chi connectivity index (χ3n) is 0.685. The lowest BCUT2D eigenvalue weighted by atomic mass is 10.5. The summed E-state index contributed by atoms with van der Waals surface area (Å²) in [6.45, 7) is 0.917. The maximum absolute atomic E-state index is 11.3. The highest BCUT2D eigenvalue weighted by Crippen LogP contribution is 1.80. The van der Waals surface area contributed by atoms with Gasteiger partial charge < -0.3 is 4.74 Å². The number of alkyl halides is 1. The Morgan fingerprint density at radius 3 is 2.89 bits per heavy atom. The number of halogens is 1. The molecule has 3 heteroatoms. The quantitative estimate of drug-likeness (QED) is 0.424. The van der Waals surface area contributed by atoms with E-state index in [1.165, 1.54) is 0 Å². The van der Waals surface area contributed by atoms with Gasteiger partial charge in [0.05, 0.1) is 0 Å². The van der Waals surface area contributed by atoms with Crippen LogP contribution in [-0.4, -0.2) is 19.3 Å². The number of hydrogen-bond donors (Lipinski definition) is 0. The first kappa shape index (κ1) is 8.14. The normalized spacial score (nSPS) is 10.0. The maximum Gasteiger partial charge on any atom is 0.337 e. The minimum absolute atomic E-state index is 0.166. The highest BCUT2D eigenvalue weighted by molar-refractivity contribution is 5.70. The zero-order chi connectivity index (χ0) is 7.11. The highest BCUT2D eigenvalue weighted by Gasteiger charge is 1.95. The fourth-order valence-corrected chi connectivity index (χ4v) is 0.276. The summed E-state index contributed by atoms with van der Waals surface area (Å²) >= 11 is 0. The van der Waals surface area contributed by atoms with E-state index in [0.717, 1.165) is 0 Å². The molecule has 0 aromatic rings. The van der Waals surface area contributed by atoms with Gasteiger partial charge in [0.2, 0.25) is 0 Å². The Balaban J connectivity index is 3.17. The highest BCUT2D eigenvalue weighted by atomic mass is 19.1. The molecule has 0 spiro atoms. The zero-order valence-corrected chi connectivity index (χ0v) is 5.26. The van der Waals surface area contributed by atoms with Crippen molar-refractivity contribution in [3.8, 4) is 0 Å². The Morgan fingerprint density at radius 1 is 1.78 bits per heavy atom. The second kappa shape index (κ2) is 5.28. The first-order chi connectivity index (χ1) is 4.31. The molecule has 0 N–H and O–H groups in total. The van der Waals surface area contributed by atoms with Gasteiger partial charge in [0, 0.05) is 0 Å². The lowest BCUT2D eigenvalue weighted by Crippen LogP contribution is -2.05. The average Bonchev–Trinajstić information content (AvgIpc) is 1.89. The Bertz CT molecular complexity index is 110. The van der Waals surface area contributed by atoms with Crippen molar-refractivity contribution >= 4 is 5.97 Å². The standard InChI is InChI=1S/C6H9FO2/c1-2-3-4-9-6(8)5-7/h2-3H,4-5H2,1H3/b3-2+. The minimum Gasteiger partial charge on any atom is -0.460 e. The van der Waals surface area contributed by atoms with Crippen LogP contribution in [0.1, 0.15) is 6.92 Å². The van der Waals surface area contributed by atoms with Gasteiger partial charge in [-0.05, 0) is 6.92 Å². The van der Waals surface area contributed by atoms with Gasteiger partial charge in [-0.15, -0.1) is 0 Å². The van der Waals surface area contributed by atoms with Gasteiger partial charge in [0.25, 0.3) is 0 Å². The lowest BCUT2D eigenvalue weighted by Gasteiger charge is -1.94.